The fourth-order valence-corrected chi connectivity index (χ4v) is 3.45. The Morgan fingerprint density at radius 1 is 1.25 bits per heavy atom. The molecule has 0 amide bonds. The van der Waals surface area contributed by atoms with Crippen LogP contribution in [0.4, 0.5) is 5.82 Å². The number of anilines is 1. The molecule has 1 aromatic heterocycles. The maximum Gasteiger partial charge on any atom is 0.134 e. The van der Waals surface area contributed by atoms with E-state index in [0.717, 1.165) is 28.6 Å². The Balaban J connectivity index is 2.10. The first kappa shape index (κ1) is 15.7. The average Bonchev–Trinajstić information content (AvgIpc) is 2.45. The number of aromatic nitrogens is 2. The van der Waals surface area contributed by atoms with Gasteiger partial charge in [-0.15, -0.1) is 0 Å². The van der Waals surface area contributed by atoms with E-state index in [-0.39, 0.29) is 0 Å². The first-order chi connectivity index (χ1) is 9.60. The van der Waals surface area contributed by atoms with Crippen molar-refractivity contribution in [3.05, 3.63) is 16.5 Å². The van der Waals surface area contributed by atoms with Crippen molar-refractivity contribution in [3.63, 3.8) is 0 Å². The maximum atomic E-state index is 4.66. The molecule has 0 saturated heterocycles. The number of hydrogen-bond donors (Lipinski definition) is 1. The summed E-state index contributed by atoms with van der Waals surface area (Å²) in [7, 11) is 0. The number of nitrogens with zero attached hydrogens (tertiary/aromatic N) is 2. The van der Waals surface area contributed by atoms with Gasteiger partial charge in [-0.05, 0) is 41.1 Å². The summed E-state index contributed by atoms with van der Waals surface area (Å²) < 4.78 is 0.872. The average molecular weight is 340 g/mol. The van der Waals surface area contributed by atoms with Gasteiger partial charge in [-0.1, -0.05) is 40.0 Å². The molecule has 0 aliphatic heterocycles. The first-order valence-corrected chi connectivity index (χ1v) is 8.70. The van der Waals surface area contributed by atoms with E-state index in [1.54, 1.807) is 0 Å². The van der Waals surface area contributed by atoms with Crippen LogP contribution < -0.4 is 5.32 Å². The standard InChI is InChI=1S/C16H26BrN3/c1-4-13(12-8-6-5-7-9-12)18-15-10-14(17)19-16(20-15)11(2)3/h10-13H,4-9H2,1-3H3,(H,18,19,20). The van der Waals surface area contributed by atoms with Crippen LogP contribution in [0.15, 0.2) is 10.7 Å². The molecule has 0 aromatic carbocycles. The molecule has 20 heavy (non-hydrogen) atoms. The number of rotatable bonds is 5. The van der Waals surface area contributed by atoms with Crippen molar-refractivity contribution in [3.8, 4) is 0 Å². The molecule has 3 nitrogen and oxygen atoms in total. The van der Waals surface area contributed by atoms with Crippen LogP contribution in [0.1, 0.15) is 71.0 Å². The molecule has 1 N–H and O–H groups in total. The summed E-state index contributed by atoms with van der Waals surface area (Å²) >= 11 is 3.50. The summed E-state index contributed by atoms with van der Waals surface area (Å²) in [6.07, 6.45) is 8.04. The van der Waals surface area contributed by atoms with E-state index in [1.165, 1.54) is 32.1 Å². The lowest BCUT2D eigenvalue weighted by Crippen LogP contribution is -2.30. The second-order valence-corrected chi connectivity index (χ2v) is 6.96. The van der Waals surface area contributed by atoms with E-state index in [2.05, 4.69) is 52.0 Å². The number of nitrogens with one attached hydrogen (secondary N) is 1. The Bertz CT molecular complexity index is 428. The second-order valence-electron chi connectivity index (χ2n) is 6.15. The van der Waals surface area contributed by atoms with E-state index in [4.69, 9.17) is 0 Å². The Labute approximate surface area is 131 Å². The molecular formula is C16H26BrN3. The fraction of sp³-hybridized carbons (Fsp3) is 0.750. The molecule has 1 aromatic rings. The summed E-state index contributed by atoms with van der Waals surface area (Å²) in [6.45, 7) is 6.53. The van der Waals surface area contributed by atoms with E-state index in [0.29, 0.717) is 12.0 Å². The van der Waals surface area contributed by atoms with Gasteiger partial charge in [-0.3, -0.25) is 0 Å². The van der Waals surface area contributed by atoms with Gasteiger partial charge < -0.3 is 5.32 Å². The highest BCUT2D eigenvalue weighted by Crippen LogP contribution is 2.29. The van der Waals surface area contributed by atoms with Gasteiger partial charge in [0.05, 0.1) is 0 Å². The molecule has 112 valence electrons. The third kappa shape index (κ3) is 4.18. The highest BCUT2D eigenvalue weighted by atomic mass is 79.9. The largest absolute Gasteiger partial charge is 0.367 e. The quantitative estimate of drug-likeness (QED) is 0.755. The minimum atomic E-state index is 0.350. The smallest absolute Gasteiger partial charge is 0.134 e. The van der Waals surface area contributed by atoms with Gasteiger partial charge in [0, 0.05) is 18.0 Å². The Kier molecular flexibility index (Phi) is 5.82. The third-order valence-electron chi connectivity index (χ3n) is 4.22. The summed E-state index contributed by atoms with van der Waals surface area (Å²) in [5.41, 5.74) is 0. The first-order valence-electron chi connectivity index (χ1n) is 7.91. The molecule has 0 spiro atoms. The van der Waals surface area contributed by atoms with Gasteiger partial charge in [0.15, 0.2) is 0 Å². The molecule has 1 aliphatic rings. The van der Waals surface area contributed by atoms with Gasteiger partial charge >= 0.3 is 0 Å². The summed E-state index contributed by atoms with van der Waals surface area (Å²) in [5.74, 6) is 3.01. The SMILES string of the molecule is CCC(Nc1cc(Br)nc(C(C)C)n1)C1CCCCC1. The lowest BCUT2D eigenvalue weighted by molar-refractivity contribution is 0.312. The predicted octanol–water partition coefficient (Wildman–Crippen LogP) is 5.13. The Morgan fingerprint density at radius 3 is 2.55 bits per heavy atom. The van der Waals surface area contributed by atoms with Crippen molar-refractivity contribution in [1.82, 2.24) is 9.97 Å². The highest BCUT2D eigenvalue weighted by molar-refractivity contribution is 9.10. The lowest BCUT2D eigenvalue weighted by Gasteiger charge is -2.30. The molecule has 1 unspecified atom stereocenters. The normalized spacial score (nSPS) is 18.2. The van der Waals surface area contributed by atoms with Crippen LogP contribution in [0.2, 0.25) is 0 Å². The van der Waals surface area contributed by atoms with E-state index in [9.17, 15) is 0 Å². The van der Waals surface area contributed by atoms with Crippen molar-refractivity contribution in [2.75, 3.05) is 5.32 Å². The predicted molar refractivity (Wildman–Crippen MR) is 88.1 cm³/mol. The fourth-order valence-electron chi connectivity index (χ4n) is 3.05. The summed E-state index contributed by atoms with van der Waals surface area (Å²) in [5, 5.41) is 3.65. The van der Waals surface area contributed by atoms with Crippen LogP contribution in [0.3, 0.4) is 0 Å². The van der Waals surface area contributed by atoms with Crippen molar-refractivity contribution < 1.29 is 0 Å². The van der Waals surface area contributed by atoms with Crippen LogP contribution in [-0.4, -0.2) is 16.0 Å². The molecule has 0 bridgehead atoms. The van der Waals surface area contributed by atoms with Gasteiger partial charge in [0.25, 0.3) is 0 Å². The Hall–Kier alpha value is -0.640. The van der Waals surface area contributed by atoms with Gasteiger partial charge in [0.1, 0.15) is 16.2 Å². The van der Waals surface area contributed by atoms with Crippen molar-refractivity contribution in [2.24, 2.45) is 5.92 Å². The van der Waals surface area contributed by atoms with E-state index in [1.807, 2.05) is 6.07 Å². The molecule has 1 saturated carbocycles. The molecule has 2 rings (SSSR count). The molecular weight excluding hydrogens is 314 g/mol. The summed E-state index contributed by atoms with van der Waals surface area (Å²) in [6, 6.07) is 2.54. The maximum absolute atomic E-state index is 4.66. The van der Waals surface area contributed by atoms with Gasteiger partial charge in [-0.25, -0.2) is 9.97 Å². The molecule has 0 radical (unpaired) electrons. The number of hydrogen-bond acceptors (Lipinski definition) is 3. The highest BCUT2D eigenvalue weighted by Gasteiger charge is 2.22. The van der Waals surface area contributed by atoms with Crippen molar-refractivity contribution in [1.29, 1.82) is 0 Å². The lowest BCUT2D eigenvalue weighted by atomic mass is 9.83. The van der Waals surface area contributed by atoms with Gasteiger partial charge in [-0.2, -0.15) is 0 Å². The topological polar surface area (TPSA) is 37.8 Å². The van der Waals surface area contributed by atoms with Crippen molar-refractivity contribution >= 4 is 21.7 Å². The second kappa shape index (κ2) is 7.39. The minimum absolute atomic E-state index is 0.350. The molecule has 1 heterocycles. The zero-order valence-corrected chi connectivity index (χ0v) is 14.4. The van der Waals surface area contributed by atoms with Crippen LogP contribution >= 0.6 is 15.9 Å². The zero-order chi connectivity index (χ0) is 14.5. The van der Waals surface area contributed by atoms with E-state index < -0.39 is 0 Å². The molecule has 1 atom stereocenters. The van der Waals surface area contributed by atoms with E-state index >= 15 is 0 Å². The zero-order valence-electron chi connectivity index (χ0n) is 12.8. The minimum Gasteiger partial charge on any atom is -0.367 e. The van der Waals surface area contributed by atoms with Crippen LogP contribution in [0, 0.1) is 5.92 Å². The van der Waals surface area contributed by atoms with Crippen LogP contribution in [0.5, 0.6) is 0 Å². The number of halogens is 1. The molecule has 1 aliphatic carbocycles. The van der Waals surface area contributed by atoms with Crippen LogP contribution in [0.25, 0.3) is 0 Å². The Morgan fingerprint density at radius 2 is 1.95 bits per heavy atom. The van der Waals surface area contributed by atoms with Crippen molar-refractivity contribution in [2.45, 2.75) is 71.3 Å². The molecule has 1 fully saturated rings. The molecule has 4 heteroatoms. The van der Waals surface area contributed by atoms with Crippen LogP contribution in [-0.2, 0) is 0 Å². The third-order valence-corrected chi connectivity index (χ3v) is 4.63. The monoisotopic (exact) mass is 339 g/mol. The van der Waals surface area contributed by atoms with Gasteiger partial charge in [0.2, 0.25) is 0 Å². The summed E-state index contributed by atoms with van der Waals surface area (Å²) in [4.78, 5) is 9.11.